The van der Waals surface area contributed by atoms with Crippen LogP contribution in [0.4, 0.5) is 5.82 Å². The zero-order valence-electron chi connectivity index (χ0n) is 8.03. The van der Waals surface area contributed by atoms with E-state index in [9.17, 15) is 0 Å². The normalized spacial score (nSPS) is 10.7. The van der Waals surface area contributed by atoms with Crippen molar-refractivity contribution in [2.45, 2.75) is 26.4 Å². The van der Waals surface area contributed by atoms with E-state index in [-0.39, 0.29) is 6.10 Å². The van der Waals surface area contributed by atoms with Crippen molar-refractivity contribution in [2.75, 3.05) is 12.3 Å². The number of aromatic nitrogens is 2. The molecule has 0 radical (unpaired) electrons. The molecule has 2 N–H and O–H groups in total. The van der Waals surface area contributed by atoms with Crippen LogP contribution in [-0.4, -0.2) is 22.7 Å². The maximum atomic E-state index is 5.50. The van der Waals surface area contributed by atoms with E-state index in [2.05, 4.69) is 9.97 Å². The maximum Gasteiger partial charge on any atom is 0.132 e. The highest BCUT2D eigenvalue weighted by atomic mass is 16.5. The third-order valence-electron chi connectivity index (χ3n) is 1.50. The molecule has 1 aromatic heterocycles. The molecule has 0 aliphatic rings. The molecular formula is C9H15N3O. The van der Waals surface area contributed by atoms with Gasteiger partial charge in [0.25, 0.3) is 0 Å². The summed E-state index contributed by atoms with van der Waals surface area (Å²) in [6, 6.07) is 1.67. The Balaban J connectivity index is 2.37. The zero-order valence-corrected chi connectivity index (χ0v) is 8.03. The largest absolute Gasteiger partial charge is 0.384 e. The summed E-state index contributed by atoms with van der Waals surface area (Å²) in [5, 5.41) is 0. The summed E-state index contributed by atoms with van der Waals surface area (Å²) in [6.45, 7) is 4.64. The molecule has 1 aromatic rings. The fraction of sp³-hybridized carbons (Fsp3) is 0.556. The third kappa shape index (κ3) is 3.85. The van der Waals surface area contributed by atoms with Gasteiger partial charge in [-0.25, -0.2) is 9.97 Å². The molecule has 0 saturated heterocycles. The van der Waals surface area contributed by atoms with Crippen molar-refractivity contribution < 1.29 is 4.74 Å². The number of rotatable bonds is 4. The van der Waals surface area contributed by atoms with Crippen LogP contribution in [0.1, 0.15) is 19.7 Å². The standard InChI is InChI=1S/C9H15N3O/c1-7(2)13-6-4-9-11-5-3-8(10)12-9/h3,5,7H,4,6H2,1-2H3,(H2,10,11,12). The highest BCUT2D eigenvalue weighted by Crippen LogP contribution is 1.98. The highest BCUT2D eigenvalue weighted by Gasteiger charge is 1.98. The fourth-order valence-corrected chi connectivity index (χ4v) is 0.921. The van der Waals surface area contributed by atoms with Crippen LogP contribution in [-0.2, 0) is 11.2 Å². The van der Waals surface area contributed by atoms with Gasteiger partial charge in [-0.2, -0.15) is 0 Å². The summed E-state index contributed by atoms with van der Waals surface area (Å²) in [4.78, 5) is 8.12. The number of hydrogen-bond donors (Lipinski definition) is 1. The van der Waals surface area contributed by atoms with Crippen molar-refractivity contribution in [2.24, 2.45) is 0 Å². The molecule has 4 heteroatoms. The molecule has 0 atom stereocenters. The molecule has 0 unspecified atom stereocenters. The average Bonchev–Trinajstić information content (AvgIpc) is 2.03. The van der Waals surface area contributed by atoms with Gasteiger partial charge < -0.3 is 10.5 Å². The van der Waals surface area contributed by atoms with Gasteiger partial charge in [0.15, 0.2) is 0 Å². The van der Waals surface area contributed by atoms with Crippen LogP contribution in [0.2, 0.25) is 0 Å². The van der Waals surface area contributed by atoms with Gasteiger partial charge in [0, 0.05) is 12.6 Å². The van der Waals surface area contributed by atoms with Gasteiger partial charge >= 0.3 is 0 Å². The van der Waals surface area contributed by atoms with Crippen molar-refractivity contribution in [3.8, 4) is 0 Å². The molecule has 0 aliphatic heterocycles. The van der Waals surface area contributed by atoms with Gasteiger partial charge in [0.1, 0.15) is 11.6 Å². The van der Waals surface area contributed by atoms with Gasteiger partial charge in [-0.1, -0.05) is 0 Å². The van der Waals surface area contributed by atoms with Crippen molar-refractivity contribution in [3.05, 3.63) is 18.1 Å². The Morgan fingerprint density at radius 1 is 1.54 bits per heavy atom. The smallest absolute Gasteiger partial charge is 0.132 e. The van der Waals surface area contributed by atoms with E-state index in [4.69, 9.17) is 10.5 Å². The van der Waals surface area contributed by atoms with E-state index in [1.807, 2.05) is 13.8 Å². The molecule has 72 valence electrons. The van der Waals surface area contributed by atoms with Gasteiger partial charge in [-0.3, -0.25) is 0 Å². The first-order chi connectivity index (χ1) is 6.18. The summed E-state index contributed by atoms with van der Waals surface area (Å²) in [5.41, 5.74) is 5.50. The van der Waals surface area contributed by atoms with Crippen LogP contribution in [0.15, 0.2) is 12.3 Å². The summed E-state index contributed by atoms with van der Waals surface area (Å²) >= 11 is 0. The first-order valence-corrected chi connectivity index (χ1v) is 4.37. The van der Waals surface area contributed by atoms with Crippen LogP contribution >= 0.6 is 0 Å². The van der Waals surface area contributed by atoms with Crippen LogP contribution < -0.4 is 5.73 Å². The lowest BCUT2D eigenvalue weighted by Gasteiger charge is -2.06. The number of ether oxygens (including phenoxy) is 1. The van der Waals surface area contributed by atoms with Crippen molar-refractivity contribution in [1.29, 1.82) is 0 Å². The molecule has 1 rings (SSSR count). The monoisotopic (exact) mass is 181 g/mol. The van der Waals surface area contributed by atoms with E-state index >= 15 is 0 Å². The van der Waals surface area contributed by atoms with Gasteiger partial charge in [0.2, 0.25) is 0 Å². The van der Waals surface area contributed by atoms with E-state index < -0.39 is 0 Å². The lowest BCUT2D eigenvalue weighted by Crippen LogP contribution is -2.08. The molecule has 0 saturated carbocycles. The predicted molar refractivity (Wildman–Crippen MR) is 51.2 cm³/mol. The van der Waals surface area contributed by atoms with Gasteiger partial charge in [-0.15, -0.1) is 0 Å². The molecule has 4 nitrogen and oxygen atoms in total. The third-order valence-corrected chi connectivity index (χ3v) is 1.50. The maximum absolute atomic E-state index is 5.50. The second-order valence-electron chi connectivity index (χ2n) is 3.07. The number of hydrogen-bond acceptors (Lipinski definition) is 4. The van der Waals surface area contributed by atoms with Crippen molar-refractivity contribution >= 4 is 5.82 Å². The van der Waals surface area contributed by atoms with Crippen molar-refractivity contribution in [3.63, 3.8) is 0 Å². The molecule has 1 heterocycles. The minimum absolute atomic E-state index is 0.251. The number of nitrogen functional groups attached to an aromatic ring is 1. The molecule has 0 fully saturated rings. The Bertz CT molecular complexity index is 263. The quantitative estimate of drug-likeness (QED) is 0.753. The Morgan fingerprint density at radius 3 is 2.92 bits per heavy atom. The molecule has 0 aliphatic carbocycles. The lowest BCUT2D eigenvalue weighted by atomic mass is 10.4. The molecule has 0 amide bonds. The van der Waals surface area contributed by atoms with E-state index in [0.717, 1.165) is 5.82 Å². The summed E-state index contributed by atoms with van der Waals surface area (Å²) in [5.74, 6) is 1.25. The Kier molecular flexibility index (Phi) is 3.64. The first-order valence-electron chi connectivity index (χ1n) is 4.37. The molecule has 0 spiro atoms. The summed E-state index contributed by atoms with van der Waals surface area (Å²) in [7, 11) is 0. The second-order valence-corrected chi connectivity index (χ2v) is 3.07. The first kappa shape index (κ1) is 9.92. The topological polar surface area (TPSA) is 61.0 Å². The van der Waals surface area contributed by atoms with Gasteiger partial charge in [0.05, 0.1) is 12.7 Å². The number of nitrogens with two attached hydrogens (primary N) is 1. The second kappa shape index (κ2) is 4.77. The highest BCUT2D eigenvalue weighted by molar-refractivity contribution is 5.24. The van der Waals surface area contributed by atoms with E-state index in [1.165, 1.54) is 0 Å². The summed E-state index contributed by atoms with van der Waals surface area (Å²) in [6.07, 6.45) is 2.62. The fourth-order valence-electron chi connectivity index (χ4n) is 0.921. The van der Waals surface area contributed by atoms with E-state index in [1.54, 1.807) is 12.3 Å². The van der Waals surface area contributed by atoms with Crippen LogP contribution in [0, 0.1) is 0 Å². The average molecular weight is 181 g/mol. The molecular weight excluding hydrogens is 166 g/mol. The van der Waals surface area contributed by atoms with Crippen molar-refractivity contribution in [1.82, 2.24) is 9.97 Å². The molecule has 0 aromatic carbocycles. The summed E-state index contributed by atoms with van der Waals surface area (Å²) < 4.78 is 5.36. The Hall–Kier alpha value is -1.16. The van der Waals surface area contributed by atoms with Crippen LogP contribution in [0.3, 0.4) is 0 Å². The SMILES string of the molecule is CC(C)OCCc1nccc(N)n1. The van der Waals surface area contributed by atoms with E-state index in [0.29, 0.717) is 18.8 Å². The van der Waals surface area contributed by atoms with Gasteiger partial charge in [-0.05, 0) is 19.9 Å². The zero-order chi connectivity index (χ0) is 9.68. The molecule has 0 bridgehead atoms. The Morgan fingerprint density at radius 2 is 2.31 bits per heavy atom. The minimum atomic E-state index is 0.251. The number of nitrogens with zero attached hydrogens (tertiary/aromatic N) is 2. The predicted octanol–water partition coefficient (Wildman–Crippen LogP) is 1.03. The van der Waals surface area contributed by atoms with Crippen LogP contribution in [0.25, 0.3) is 0 Å². The Labute approximate surface area is 78.1 Å². The molecule has 13 heavy (non-hydrogen) atoms. The number of anilines is 1. The van der Waals surface area contributed by atoms with Crippen LogP contribution in [0.5, 0.6) is 0 Å². The lowest BCUT2D eigenvalue weighted by molar-refractivity contribution is 0.0804. The minimum Gasteiger partial charge on any atom is -0.384 e.